The van der Waals surface area contributed by atoms with Crippen molar-refractivity contribution in [2.24, 2.45) is 4.99 Å². The summed E-state index contributed by atoms with van der Waals surface area (Å²) in [6.07, 6.45) is 1.58. The van der Waals surface area contributed by atoms with Gasteiger partial charge in [0, 0.05) is 17.5 Å². The molecular weight excluding hydrogens is 424 g/mol. The lowest BCUT2D eigenvalue weighted by molar-refractivity contribution is 0.340. The molecule has 0 spiro atoms. The van der Waals surface area contributed by atoms with E-state index in [-0.39, 0.29) is 10.6 Å². The number of aromatic hydroxyl groups is 1. The molecule has 0 aliphatic heterocycles. The second kappa shape index (κ2) is 9.11. The minimum Gasteiger partial charge on any atom is -0.507 e. The summed E-state index contributed by atoms with van der Waals surface area (Å²) in [5, 5.41) is 12.1. The predicted octanol–water partition coefficient (Wildman–Crippen LogP) is 5.50. The fourth-order valence-corrected chi connectivity index (χ4v) is 4.33. The molecule has 0 unspecified atom stereocenters. The second-order valence-corrected chi connectivity index (χ2v) is 8.72. The number of hydrogen-bond donors (Lipinski definition) is 2. The average molecular weight is 447 g/mol. The Bertz CT molecular complexity index is 1360. The lowest BCUT2D eigenvalue weighted by atomic mass is 10.0. The summed E-state index contributed by atoms with van der Waals surface area (Å²) in [4.78, 5) is 4.53. The number of ether oxygens (including phenoxy) is 1. The molecule has 4 aromatic carbocycles. The molecule has 4 rings (SSSR count). The van der Waals surface area contributed by atoms with E-state index in [1.54, 1.807) is 48.7 Å². The van der Waals surface area contributed by atoms with Crippen molar-refractivity contribution in [3.05, 3.63) is 90.5 Å². The van der Waals surface area contributed by atoms with Crippen molar-refractivity contribution in [3.8, 4) is 11.5 Å². The lowest BCUT2D eigenvalue weighted by Gasteiger charge is -2.09. The van der Waals surface area contributed by atoms with Gasteiger partial charge in [0.2, 0.25) is 0 Å². The van der Waals surface area contributed by atoms with E-state index in [1.165, 1.54) is 12.1 Å². The molecular formula is C25H22N2O4S. The molecule has 0 radical (unpaired) electrons. The van der Waals surface area contributed by atoms with E-state index in [1.807, 2.05) is 37.3 Å². The molecule has 0 heterocycles. The second-order valence-electron chi connectivity index (χ2n) is 7.03. The van der Waals surface area contributed by atoms with E-state index >= 15 is 0 Å². The van der Waals surface area contributed by atoms with E-state index in [4.69, 9.17) is 4.74 Å². The molecule has 32 heavy (non-hydrogen) atoms. The minimum absolute atomic E-state index is 0.123. The van der Waals surface area contributed by atoms with E-state index in [9.17, 15) is 13.5 Å². The van der Waals surface area contributed by atoms with Gasteiger partial charge in [-0.15, -0.1) is 0 Å². The van der Waals surface area contributed by atoms with Crippen LogP contribution >= 0.6 is 0 Å². The summed E-state index contributed by atoms with van der Waals surface area (Å²) < 4.78 is 33.3. The maximum atomic E-state index is 12.7. The highest BCUT2D eigenvalue weighted by molar-refractivity contribution is 7.92. The normalized spacial score (nSPS) is 11.7. The number of phenols is 1. The molecule has 162 valence electrons. The molecule has 0 saturated carbocycles. The molecule has 0 atom stereocenters. The van der Waals surface area contributed by atoms with Gasteiger partial charge in [0.25, 0.3) is 10.0 Å². The van der Waals surface area contributed by atoms with Crippen LogP contribution in [0.4, 0.5) is 11.4 Å². The first-order valence-corrected chi connectivity index (χ1v) is 11.5. The zero-order valence-corrected chi connectivity index (χ0v) is 18.2. The smallest absolute Gasteiger partial charge is 0.261 e. The van der Waals surface area contributed by atoms with Crippen molar-refractivity contribution in [1.82, 2.24) is 0 Å². The first-order valence-electron chi connectivity index (χ1n) is 10.1. The van der Waals surface area contributed by atoms with Gasteiger partial charge in [0.15, 0.2) is 0 Å². The monoisotopic (exact) mass is 446 g/mol. The maximum Gasteiger partial charge on any atom is 0.261 e. The molecule has 0 aliphatic rings. The summed E-state index contributed by atoms with van der Waals surface area (Å²) in [7, 11) is -3.74. The van der Waals surface area contributed by atoms with Crippen LogP contribution in [-0.2, 0) is 10.0 Å². The van der Waals surface area contributed by atoms with Crippen molar-refractivity contribution in [2.45, 2.75) is 11.8 Å². The third-order valence-corrected chi connectivity index (χ3v) is 6.25. The zero-order chi connectivity index (χ0) is 22.6. The van der Waals surface area contributed by atoms with Crippen molar-refractivity contribution < 1.29 is 18.3 Å². The molecule has 0 amide bonds. The van der Waals surface area contributed by atoms with Gasteiger partial charge in [-0.3, -0.25) is 9.71 Å². The van der Waals surface area contributed by atoms with Crippen LogP contribution in [0.15, 0.2) is 94.8 Å². The van der Waals surface area contributed by atoms with E-state index < -0.39 is 10.0 Å². The largest absolute Gasteiger partial charge is 0.507 e. The highest BCUT2D eigenvalue weighted by Gasteiger charge is 2.14. The standard InChI is InChI=1S/C25H22N2O4S/c1-2-31-21-12-8-20(9-13-21)27-32(29,30)22-14-10-19(11-15-22)26-17-24-23-6-4-3-5-18(23)7-16-25(24)28/h3-17,27-28H,2H2,1H3. The number of rotatable bonds is 7. The van der Waals surface area contributed by atoms with E-state index in [0.717, 1.165) is 10.8 Å². The molecule has 6 nitrogen and oxygen atoms in total. The number of nitrogens with one attached hydrogen (secondary N) is 1. The Labute approximate surface area is 186 Å². The zero-order valence-electron chi connectivity index (χ0n) is 17.4. The van der Waals surface area contributed by atoms with Gasteiger partial charge < -0.3 is 9.84 Å². The highest BCUT2D eigenvalue weighted by atomic mass is 32.2. The molecule has 0 fully saturated rings. The third kappa shape index (κ3) is 4.73. The molecule has 0 aromatic heterocycles. The summed E-state index contributed by atoms with van der Waals surface area (Å²) in [6.45, 7) is 2.43. The van der Waals surface area contributed by atoms with Gasteiger partial charge in [-0.25, -0.2) is 8.42 Å². The Kier molecular flexibility index (Phi) is 6.09. The van der Waals surface area contributed by atoms with Crippen molar-refractivity contribution >= 4 is 38.4 Å². The Balaban J connectivity index is 1.52. The number of aliphatic imine (C=N–C) groups is 1. The lowest BCUT2D eigenvalue weighted by Crippen LogP contribution is -2.12. The van der Waals surface area contributed by atoms with Gasteiger partial charge in [0.1, 0.15) is 11.5 Å². The fraction of sp³-hybridized carbons (Fsp3) is 0.0800. The van der Waals surface area contributed by atoms with Crippen molar-refractivity contribution in [3.63, 3.8) is 0 Å². The van der Waals surface area contributed by atoms with Crippen LogP contribution in [0.2, 0.25) is 0 Å². The SMILES string of the molecule is CCOc1ccc(NS(=O)(=O)c2ccc(N=Cc3c(O)ccc4ccccc34)cc2)cc1. The van der Waals surface area contributed by atoms with Gasteiger partial charge in [0.05, 0.1) is 17.2 Å². The van der Waals surface area contributed by atoms with Crippen LogP contribution < -0.4 is 9.46 Å². The van der Waals surface area contributed by atoms with E-state index in [0.29, 0.717) is 29.3 Å². The minimum atomic E-state index is -3.74. The van der Waals surface area contributed by atoms with Crippen LogP contribution in [0.1, 0.15) is 12.5 Å². The number of nitrogens with zero attached hydrogens (tertiary/aromatic N) is 1. The summed E-state index contributed by atoms with van der Waals surface area (Å²) in [5.74, 6) is 0.807. The third-order valence-electron chi connectivity index (χ3n) is 4.85. The van der Waals surface area contributed by atoms with Gasteiger partial charge in [-0.1, -0.05) is 30.3 Å². The molecule has 2 N–H and O–H groups in total. The number of anilines is 1. The Morgan fingerprint density at radius 1 is 0.938 bits per heavy atom. The number of sulfonamides is 1. The van der Waals surface area contributed by atoms with Gasteiger partial charge in [-0.2, -0.15) is 0 Å². The quantitative estimate of drug-likeness (QED) is 0.367. The summed E-state index contributed by atoms with van der Waals surface area (Å²) >= 11 is 0. The number of benzene rings is 4. The number of fused-ring (bicyclic) bond motifs is 1. The summed E-state index contributed by atoms with van der Waals surface area (Å²) in [6, 6.07) is 24.1. The van der Waals surface area contributed by atoms with Crippen molar-refractivity contribution in [2.75, 3.05) is 11.3 Å². The Morgan fingerprint density at radius 3 is 2.38 bits per heavy atom. The maximum absolute atomic E-state index is 12.7. The summed E-state index contributed by atoms with van der Waals surface area (Å²) in [5.41, 5.74) is 1.62. The predicted molar refractivity (Wildman–Crippen MR) is 128 cm³/mol. The van der Waals surface area contributed by atoms with Crippen LogP contribution in [0, 0.1) is 0 Å². The van der Waals surface area contributed by atoms with Crippen molar-refractivity contribution in [1.29, 1.82) is 0 Å². The Hall–Kier alpha value is -3.84. The van der Waals surface area contributed by atoms with Gasteiger partial charge in [-0.05, 0) is 72.3 Å². The number of hydrogen-bond acceptors (Lipinski definition) is 5. The average Bonchev–Trinajstić information content (AvgIpc) is 2.80. The fourth-order valence-electron chi connectivity index (χ4n) is 3.27. The van der Waals surface area contributed by atoms with Gasteiger partial charge >= 0.3 is 0 Å². The first kappa shape index (κ1) is 21.4. The molecule has 7 heteroatoms. The topological polar surface area (TPSA) is 88.0 Å². The van der Waals surface area contributed by atoms with Crippen LogP contribution in [-0.4, -0.2) is 26.3 Å². The molecule has 0 aliphatic carbocycles. The highest BCUT2D eigenvalue weighted by Crippen LogP contribution is 2.27. The number of phenolic OH excluding ortho intramolecular Hbond substituents is 1. The van der Waals surface area contributed by atoms with Crippen LogP contribution in [0.3, 0.4) is 0 Å². The Morgan fingerprint density at radius 2 is 1.66 bits per heavy atom. The van der Waals surface area contributed by atoms with E-state index in [2.05, 4.69) is 9.71 Å². The van der Waals surface area contributed by atoms with Crippen LogP contribution in [0.25, 0.3) is 10.8 Å². The van der Waals surface area contributed by atoms with Crippen LogP contribution in [0.5, 0.6) is 11.5 Å². The molecule has 0 bridgehead atoms. The molecule has 4 aromatic rings. The first-order chi connectivity index (χ1) is 15.5. The molecule has 0 saturated heterocycles.